The Morgan fingerprint density at radius 3 is 2.18 bits per heavy atom. The molecule has 1 atom stereocenters. The number of nitrogens with one attached hydrogen (secondary N) is 2. The van der Waals surface area contributed by atoms with E-state index in [0.717, 1.165) is 0 Å². The van der Waals surface area contributed by atoms with Crippen LogP contribution in [0.15, 0.2) is 29.9 Å². The van der Waals surface area contributed by atoms with Crippen molar-refractivity contribution < 1.29 is 35.4 Å². The summed E-state index contributed by atoms with van der Waals surface area (Å²) < 4.78 is 0. The van der Waals surface area contributed by atoms with E-state index in [0.29, 0.717) is 12.0 Å². The molecule has 0 aromatic rings. The van der Waals surface area contributed by atoms with Gasteiger partial charge in [-0.05, 0) is 20.5 Å². The summed E-state index contributed by atoms with van der Waals surface area (Å²) in [5.74, 6) is -1.14. The third kappa shape index (κ3) is 10.1. The van der Waals surface area contributed by atoms with Gasteiger partial charge in [-0.2, -0.15) is 6.08 Å². The van der Waals surface area contributed by atoms with Gasteiger partial charge < -0.3 is 19.9 Å². The molecule has 2 rings (SSSR count). The Morgan fingerprint density at radius 1 is 1.14 bits per heavy atom. The van der Waals surface area contributed by atoms with Gasteiger partial charge in [0.1, 0.15) is 6.04 Å². The minimum atomic E-state index is -0.663. The minimum absolute atomic E-state index is 0. The fraction of sp³-hybridized carbons (Fsp3) is 0.550. The molecule has 156 valence electrons. The molecule has 8 heteroatoms. The number of carbonyl (C=O) groups is 3. The van der Waals surface area contributed by atoms with Crippen molar-refractivity contribution in [2.75, 3.05) is 40.3 Å². The van der Waals surface area contributed by atoms with E-state index >= 15 is 0 Å². The normalized spacial score (nSPS) is 21.7. The largest absolute Gasteiger partial charge is 0.381 e. The molecule has 0 spiro atoms. The molecule has 0 saturated carbocycles. The molecule has 28 heavy (non-hydrogen) atoms. The van der Waals surface area contributed by atoms with Gasteiger partial charge in [0.05, 0.1) is 0 Å². The van der Waals surface area contributed by atoms with Gasteiger partial charge >= 0.3 is 0 Å². The molecule has 1 unspecified atom stereocenters. The quantitative estimate of drug-likeness (QED) is 0.229. The van der Waals surface area contributed by atoms with Crippen molar-refractivity contribution in [2.45, 2.75) is 32.7 Å². The molecule has 0 aromatic heterocycles. The molecule has 0 radical (unpaired) electrons. The number of rotatable bonds is 4. The molecule has 3 amide bonds. The van der Waals surface area contributed by atoms with E-state index in [1.54, 1.807) is 25.2 Å². The average molecular weight is 559 g/mol. The molecule has 2 N–H and O–H groups in total. The Labute approximate surface area is 182 Å². The van der Waals surface area contributed by atoms with Crippen LogP contribution in [0.1, 0.15) is 26.7 Å². The van der Waals surface area contributed by atoms with E-state index in [4.69, 9.17) is 0 Å². The van der Waals surface area contributed by atoms with Gasteiger partial charge in [0, 0.05) is 53.7 Å². The van der Waals surface area contributed by atoms with Crippen LogP contribution in [0.2, 0.25) is 0 Å². The van der Waals surface area contributed by atoms with E-state index in [1.807, 2.05) is 13.0 Å². The zero-order valence-corrected chi connectivity index (χ0v) is 20.1. The molecule has 0 aliphatic carbocycles. The Kier molecular flexibility index (Phi) is 13.6. The Bertz CT molecular complexity index is 599. The fourth-order valence-electron chi connectivity index (χ4n) is 2.49. The second-order valence-electron chi connectivity index (χ2n) is 6.62. The SMILES string of the molecule is CN1CCN(C)CC1.C\C=C/C=[C-]\C(=C/C)C(=O)NC1CCC(=O)NC1=O.[W]. The van der Waals surface area contributed by atoms with Crippen LogP contribution in [0.25, 0.3) is 0 Å². The number of imide groups is 1. The summed E-state index contributed by atoms with van der Waals surface area (Å²) >= 11 is 0. The number of likely N-dealkylation sites (N-methyl/N-ethyl adjacent to an activating group) is 2. The van der Waals surface area contributed by atoms with Gasteiger partial charge in [0.15, 0.2) is 5.91 Å². The van der Waals surface area contributed by atoms with Crippen LogP contribution in [0.3, 0.4) is 0 Å². The first-order chi connectivity index (χ1) is 12.9. The first-order valence-corrected chi connectivity index (χ1v) is 9.26. The molecule has 2 heterocycles. The van der Waals surface area contributed by atoms with Gasteiger partial charge in [-0.3, -0.25) is 14.9 Å². The van der Waals surface area contributed by atoms with Crippen LogP contribution in [0, 0.1) is 6.08 Å². The molecular weight excluding hydrogens is 528 g/mol. The van der Waals surface area contributed by atoms with E-state index in [2.05, 4.69) is 40.6 Å². The predicted octanol–water partition coefficient (Wildman–Crippen LogP) is 0.651. The van der Waals surface area contributed by atoms with Crippen molar-refractivity contribution in [1.29, 1.82) is 0 Å². The zero-order valence-electron chi connectivity index (χ0n) is 17.2. The Hall–Kier alpha value is -1.56. The summed E-state index contributed by atoms with van der Waals surface area (Å²) in [5, 5.41) is 4.78. The summed E-state index contributed by atoms with van der Waals surface area (Å²) in [5.41, 5.74) is 0.350. The maximum absolute atomic E-state index is 11.9. The van der Waals surface area contributed by atoms with Crippen molar-refractivity contribution in [3.8, 4) is 0 Å². The number of hydrogen-bond donors (Lipinski definition) is 2. The number of piperazine rings is 1. The number of nitrogens with zero attached hydrogens (tertiary/aromatic N) is 2. The molecule has 2 aliphatic heterocycles. The molecule has 7 nitrogen and oxygen atoms in total. The molecule has 0 bridgehead atoms. The van der Waals surface area contributed by atoms with E-state index < -0.39 is 11.9 Å². The van der Waals surface area contributed by atoms with Crippen molar-refractivity contribution in [1.82, 2.24) is 20.4 Å². The Balaban J connectivity index is 0.000000678. The summed E-state index contributed by atoms with van der Waals surface area (Å²) in [6.45, 7) is 8.51. The molecule has 2 fully saturated rings. The second kappa shape index (κ2) is 14.4. The number of hydrogen-bond acceptors (Lipinski definition) is 5. The minimum Gasteiger partial charge on any atom is -0.381 e. The van der Waals surface area contributed by atoms with E-state index in [1.165, 1.54) is 26.2 Å². The van der Waals surface area contributed by atoms with Crippen LogP contribution in [-0.2, 0) is 35.4 Å². The molecule has 0 aromatic carbocycles. The van der Waals surface area contributed by atoms with Crippen LogP contribution in [-0.4, -0.2) is 73.8 Å². The average Bonchev–Trinajstić information content (AvgIpc) is 2.64. The van der Waals surface area contributed by atoms with Gasteiger partial charge in [0.25, 0.3) is 0 Å². The monoisotopic (exact) mass is 559 g/mol. The first kappa shape index (κ1) is 26.4. The van der Waals surface area contributed by atoms with Crippen LogP contribution in [0.4, 0.5) is 0 Å². The first-order valence-electron chi connectivity index (χ1n) is 9.26. The van der Waals surface area contributed by atoms with E-state index in [9.17, 15) is 14.4 Å². The summed E-state index contributed by atoms with van der Waals surface area (Å²) in [7, 11) is 4.35. The standard InChI is InChI=1S/C14H17N2O3.C6H14N2.W/c1-3-5-6-7-10(4-2)13(18)15-11-8-9-12(17)16-14(11)19;1-7-3-5-8(2)6-4-7;/h3-6,11H,8-9H2,1-2H3,(H,15,18)(H,16,17,19);3-6H2,1-2H3;/q-1;;/b5-3-,10-4+;;. The fourth-order valence-corrected chi connectivity index (χ4v) is 2.49. The van der Waals surface area contributed by atoms with E-state index in [-0.39, 0.29) is 39.3 Å². The summed E-state index contributed by atoms with van der Waals surface area (Å²) in [6, 6.07) is -0.663. The molecule has 2 aliphatic rings. The number of carbonyl (C=O) groups excluding carboxylic acids is 3. The second-order valence-corrected chi connectivity index (χ2v) is 6.62. The Morgan fingerprint density at radius 2 is 1.71 bits per heavy atom. The summed E-state index contributed by atoms with van der Waals surface area (Å²) in [4.78, 5) is 39.1. The maximum Gasteiger partial charge on any atom is 0.248 e. The molecular formula is C20H31N4O3W-. The van der Waals surface area contributed by atoms with Gasteiger partial charge in [-0.1, -0.05) is 19.4 Å². The zero-order chi connectivity index (χ0) is 20.2. The summed E-state index contributed by atoms with van der Waals surface area (Å²) in [6.07, 6.45) is 10.2. The van der Waals surface area contributed by atoms with Crippen LogP contribution < -0.4 is 10.6 Å². The molecule has 2 saturated heterocycles. The third-order valence-corrected chi connectivity index (χ3v) is 4.33. The van der Waals surface area contributed by atoms with Crippen molar-refractivity contribution in [2.24, 2.45) is 0 Å². The maximum atomic E-state index is 11.9. The van der Waals surface area contributed by atoms with Crippen molar-refractivity contribution in [3.63, 3.8) is 0 Å². The van der Waals surface area contributed by atoms with Gasteiger partial charge in [-0.15, -0.1) is 24.3 Å². The number of piperidine rings is 1. The van der Waals surface area contributed by atoms with Crippen LogP contribution in [0.5, 0.6) is 0 Å². The topological polar surface area (TPSA) is 81.8 Å². The van der Waals surface area contributed by atoms with Gasteiger partial charge in [-0.25, -0.2) is 0 Å². The predicted molar refractivity (Wildman–Crippen MR) is 106 cm³/mol. The number of amides is 3. The van der Waals surface area contributed by atoms with Crippen molar-refractivity contribution >= 4 is 17.7 Å². The van der Waals surface area contributed by atoms with Crippen molar-refractivity contribution in [3.05, 3.63) is 36.0 Å². The smallest absolute Gasteiger partial charge is 0.248 e. The van der Waals surface area contributed by atoms with Crippen LogP contribution >= 0.6 is 0 Å². The number of allylic oxidation sites excluding steroid dienone is 4. The van der Waals surface area contributed by atoms with Gasteiger partial charge in [0.2, 0.25) is 11.8 Å². The third-order valence-electron chi connectivity index (χ3n) is 4.33.